The normalized spacial score (nSPS) is 15.9. The molecule has 3 nitrogen and oxygen atoms in total. The van der Waals surface area contributed by atoms with Gasteiger partial charge in [0.2, 0.25) is 5.91 Å². The van der Waals surface area contributed by atoms with Gasteiger partial charge in [0, 0.05) is 26.1 Å². The minimum Gasteiger partial charge on any atom is -0.343 e. The summed E-state index contributed by atoms with van der Waals surface area (Å²) < 4.78 is 0. The molecule has 0 saturated carbocycles. The second kappa shape index (κ2) is 7.85. The number of carbonyl (C=O) groups is 1. The van der Waals surface area contributed by atoms with Crippen molar-refractivity contribution in [1.29, 1.82) is 0 Å². The molecular weight excluding hydrogens is 248 g/mol. The van der Waals surface area contributed by atoms with Gasteiger partial charge in [-0.2, -0.15) is 0 Å². The summed E-state index contributed by atoms with van der Waals surface area (Å²) in [5.74, 6) is 0.324. The van der Waals surface area contributed by atoms with Crippen LogP contribution in [0, 0.1) is 0 Å². The van der Waals surface area contributed by atoms with Gasteiger partial charge >= 0.3 is 0 Å². The highest BCUT2D eigenvalue weighted by molar-refractivity contribution is 5.77. The Morgan fingerprint density at radius 2 is 2.15 bits per heavy atom. The lowest BCUT2D eigenvalue weighted by Crippen LogP contribution is -2.28. The van der Waals surface area contributed by atoms with Crippen LogP contribution in [-0.2, 0) is 4.79 Å². The molecule has 0 aromatic heterocycles. The largest absolute Gasteiger partial charge is 0.343 e. The van der Waals surface area contributed by atoms with Crippen LogP contribution in [0.3, 0.4) is 0 Å². The fourth-order valence-electron chi connectivity index (χ4n) is 2.51. The van der Waals surface area contributed by atoms with Crippen LogP contribution in [-0.4, -0.2) is 37.0 Å². The number of nitrogens with one attached hydrogen (secondary N) is 1. The number of hydrogen-bond acceptors (Lipinski definition) is 2. The highest BCUT2D eigenvalue weighted by Crippen LogP contribution is 2.09. The van der Waals surface area contributed by atoms with Crippen molar-refractivity contribution in [2.24, 2.45) is 0 Å². The van der Waals surface area contributed by atoms with Crippen LogP contribution in [0.4, 0.5) is 0 Å². The number of amides is 1. The summed E-state index contributed by atoms with van der Waals surface area (Å²) in [6.07, 6.45) is 5.01. The summed E-state index contributed by atoms with van der Waals surface area (Å²) in [5.41, 5.74) is 2.57. The fraction of sp³-hybridized carbons (Fsp3) is 0.471. The van der Waals surface area contributed by atoms with E-state index in [1.807, 2.05) is 11.0 Å². The van der Waals surface area contributed by atoms with Crippen LogP contribution in [0.2, 0.25) is 0 Å². The first-order valence-corrected chi connectivity index (χ1v) is 7.46. The molecule has 0 atom stereocenters. The van der Waals surface area contributed by atoms with Crippen molar-refractivity contribution >= 4 is 12.0 Å². The first-order chi connectivity index (χ1) is 9.75. The molecule has 2 rings (SSSR count). The summed E-state index contributed by atoms with van der Waals surface area (Å²) in [6.45, 7) is 5.86. The zero-order valence-corrected chi connectivity index (χ0v) is 12.3. The van der Waals surface area contributed by atoms with Crippen molar-refractivity contribution in [3.8, 4) is 0 Å². The molecular formula is C17H24N2O. The zero-order valence-electron chi connectivity index (χ0n) is 12.3. The zero-order chi connectivity index (χ0) is 14.2. The third-order valence-electron chi connectivity index (χ3n) is 3.57. The van der Waals surface area contributed by atoms with E-state index in [4.69, 9.17) is 0 Å². The summed E-state index contributed by atoms with van der Waals surface area (Å²) in [6, 6.07) is 10.4. The predicted molar refractivity (Wildman–Crippen MR) is 83.4 cm³/mol. The monoisotopic (exact) mass is 272 g/mol. The van der Waals surface area contributed by atoms with Gasteiger partial charge in [0.1, 0.15) is 0 Å². The third kappa shape index (κ3) is 4.82. The minimum absolute atomic E-state index is 0.324. The Kier molecular flexibility index (Phi) is 5.81. The molecule has 1 fully saturated rings. The molecule has 1 aliphatic rings. The van der Waals surface area contributed by atoms with E-state index in [0.29, 0.717) is 5.91 Å². The Hall–Kier alpha value is -1.61. The molecule has 0 radical (unpaired) electrons. The predicted octanol–water partition coefficient (Wildman–Crippen LogP) is 2.69. The number of carbonyl (C=O) groups excluding carboxylic acids is 1. The molecule has 3 heteroatoms. The molecule has 1 aromatic rings. The lowest BCUT2D eigenvalue weighted by atomic mass is 10.1. The van der Waals surface area contributed by atoms with Gasteiger partial charge in [0.25, 0.3) is 0 Å². The number of likely N-dealkylation sites (tertiary alicyclic amines) is 1. The van der Waals surface area contributed by atoms with Crippen molar-refractivity contribution in [3.05, 3.63) is 41.5 Å². The maximum absolute atomic E-state index is 11.4. The lowest BCUT2D eigenvalue weighted by Gasteiger charge is -2.15. The molecule has 0 aliphatic carbocycles. The summed E-state index contributed by atoms with van der Waals surface area (Å²) in [4.78, 5) is 13.4. The van der Waals surface area contributed by atoms with Gasteiger partial charge in [-0.05, 0) is 31.9 Å². The first-order valence-electron chi connectivity index (χ1n) is 7.46. The second-order valence-corrected chi connectivity index (χ2v) is 5.42. The number of hydrogen-bond donors (Lipinski definition) is 1. The smallest absolute Gasteiger partial charge is 0.222 e. The molecule has 1 aromatic carbocycles. The van der Waals surface area contributed by atoms with E-state index in [9.17, 15) is 4.79 Å². The maximum atomic E-state index is 11.4. The van der Waals surface area contributed by atoms with Gasteiger partial charge in [-0.25, -0.2) is 0 Å². The molecule has 1 N–H and O–H groups in total. The number of nitrogens with zero attached hydrogens (tertiary/aromatic N) is 1. The Morgan fingerprint density at radius 3 is 2.85 bits per heavy atom. The second-order valence-electron chi connectivity index (χ2n) is 5.42. The van der Waals surface area contributed by atoms with Crippen LogP contribution >= 0.6 is 0 Å². The summed E-state index contributed by atoms with van der Waals surface area (Å²) in [5, 5.41) is 3.44. The number of benzene rings is 1. The van der Waals surface area contributed by atoms with Crippen LogP contribution in [0.5, 0.6) is 0 Å². The number of rotatable bonds is 7. The van der Waals surface area contributed by atoms with Crippen LogP contribution < -0.4 is 5.32 Å². The van der Waals surface area contributed by atoms with E-state index in [1.165, 1.54) is 11.1 Å². The van der Waals surface area contributed by atoms with E-state index >= 15 is 0 Å². The molecule has 1 saturated heterocycles. The Morgan fingerprint density at radius 1 is 1.35 bits per heavy atom. The Bertz CT molecular complexity index is 453. The van der Waals surface area contributed by atoms with E-state index in [1.54, 1.807) is 0 Å². The molecule has 0 bridgehead atoms. The Balaban J connectivity index is 1.61. The molecule has 0 spiro atoms. The van der Waals surface area contributed by atoms with Gasteiger partial charge in [-0.1, -0.05) is 42.0 Å². The minimum atomic E-state index is 0.324. The summed E-state index contributed by atoms with van der Waals surface area (Å²) >= 11 is 0. The SMILES string of the molecule is C/C(=C/c1ccccc1)CNCCCN1CCCC1=O. The molecule has 1 amide bonds. The molecule has 0 unspecified atom stereocenters. The molecule has 1 aliphatic heterocycles. The van der Waals surface area contributed by atoms with Gasteiger partial charge in [-0.15, -0.1) is 0 Å². The van der Waals surface area contributed by atoms with Crippen molar-refractivity contribution in [2.45, 2.75) is 26.2 Å². The quantitative estimate of drug-likeness (QED) is 0.774. The fourth-order valence-corrected chi connectivity index (χ4v) is 2.51. The average Bonchev–Trinajstić information content (AvgIpc) is 2.85. The standard InChI is InChI=1S/C17H24N2O/c1-15(13-16-7-3-2-4-8-16)14-18-10-6-12-19-11-5-9-17(19)20/h2-4,7-8,13,18H,5-6,9-12,14H2,1H3/b15-13-. The highest BCUT2D eigenvalue weighted by atomic mass is 16.2. The van der Waals surface area contributed by atoms with Gasteiger partial charge in [0.15, 0.2) is 0 Å². The van der Waals surface area contributed by atoms with E-state index in [2.05, 4.69) is 42.6 Å². The van der Waals surface area contributed by atoms with Crippen LogP contribution in [0.15, 0.2) is 35.9 Å². The van der Waals surface area contributed by atoms with E-state index < -0.39 is 0 Å². The van der Waals surface area contributed by atoms with Crippen molar-refractivity contribution in [2.75, 3.05) is 26.2 Å². The lowest BCUT2D eigenvalue weighted by molar-refractivity contribution is -0.127. The maximum Gasteiger partial charge on any atom is 0.222 e. The molecule has 20 heavy (non-hydrogen) atoms. The van der Waals surface area contributed by atoms with Crippen LogP contribution in [0.25, 0.3) is 6.08 Å². The Labute approximate surface area is 121 Å². The first kappa shape index (κ1) is 14.8. The van der Waals surface area contributed by atoms with Gasteiger partial charge < -0.3 is 10.2 Å². The van der Waals surface area contributed by atoms with Crippen molar-refractivity contribution in [3.63, 3.8) is 0 Å². The average molecular weight is 272 g/mol. The third-order valence-corrected chi connectivity index (χ3v) is 3.57. The highest BCUT2D eigenvalue weighted by Gasteiger charge is 2.18. The van der Waals surface area contributed by atoms with Gasteiger partial charge in [0.05, 0.1) is 0 Å². The molecule has 108 valence electrons. The van der Waals surface area contributed by atoms with Crippen molar-refractivity contribution in [1.82, 2.24) is 10.2 Å². The molecule has 1 heterocycles. The van der Waals surface area contributed by atoms with Gasteiger partial charge in [-0.3, -0.25) is 4.79 Å². The topological polar surface area (TPSA) is 32.3 Å². The van der Waals surface area contributed by atoms with Crippen LogP contribution in [0.1, 0.15) is 31.7 Å². The summed E-state index contributed by atoms with van der Waals surface area (Å²) in [7, 11) is 0. The van der Waals surface area contributed by atoms with Crippen molar-refractivity contribution < 1.29 is 4.79 Å². The van der Waals surface area contributed by atoms with E-state index in [0.717, 1.165) is 45.4 Å². The van der Waals surface area contributed by atoms with E-state index in [-0.39, 0.29) is 0 Å².